The van der Waals surface area contributed by atoms with Gasteiger partial charge in [0.05, 0.1) is 0 Å². The molecule has 1 amide bonds. The van der Waals surface area contributed by atoms with Crippen molar-refractivity contribution >= 4 is 30.1 Å². The van der Waals surface area contributed by atoms with Crippen molar-refractivity contribution in [3.05, 3.63) is 0 Å². The second-order valence-electron chi connectivity index (χ2n) is 4.22. The van der Waals surface area contributed by atoms with Gasteiger partial charge in [-0.1, -0.05) is 0 Å². The zero-order valence-corrected chi connectivity index (χ0v) is 10.5. The molecule has 2 N–H and O–H groups in total. The summed E-state index contributed by atoms with van der Waals surface area (Å²) in [5.41, 5.74) is 5.79. The van der Waals surface area contributed by atoms with Crippen molar-refractivity contribution < 1.29 is 4.79 Å². The monoisotopic (exact) mass is 250 g/mol. The van der Waals surface area contributed by atoms with Crippen LogP contribution >= 0.6 is 24.2 Å². The van der Waals surface area contributed by atoms with Crippen LogP contribution in [0.15, 0.2) is 0 Å². The zero-order chi connectivity index (χ0) is 9.97. The predicted octanol–water partition coefficient (Wildman–Crippen LogP) is 1.11. The molecule has 0 aliphatic carbocycles. The highest BCUT2D eigenvalue weighted by Gasteiger charge is 2.30. The first kappa shape index (κ1) is 13.1. The Bertz CT molecular complexity index is 215. The minimum Gasteiger partial charge on any atom is -0.341 e. The first-order valence-corrected chi connectivity index (χ1v) is 6.55. The van der Waals surface area contributed by atoms with E-state index in [0.29, 0.717) is 11.8 Å². The molecule has 1 atom stereocenters. The highest BCUT2D eigenvalue weighted by atomic mass is 35.5. The van der Waals surface area contributed by atoms with Crippen LogP contribution in [0.2, 0.25) is 0 Å². The zero-order valence-electron chi connectivity index (χ0n) is 8.85. The fraction of sp³-hybridized carbons (Fsp3) is 0.900. The van der Waals surface area contributed by atoms with Crippen molar-refractivity contribution in [3.8, 4) is 0 Å². The predicted molar refractivity (Wildman–Crippen MR) is 66.5 cm³/mol. The van der Waals surface area contributed by atoms with Crippen LogP contribution in [0.5, 0.6) is 0 Å². The third-order valence-corrected chi connectivity index (χ3v) is 4.16. The summed E-state index contributed by atoms with van der Waals surface area (Å²) in [6.45, 7) is 1.66. The van der Waals surface area contributed by atoms with E-state index < -0.39 is 0 Å². The standard InChI is InChI=1S/C10H18N2OS.ClH/c11-9-1-4-12(7-9)10(13)8-2-5-14-6-3-8;/h8-9H,1-7,11H2;1H/t9-;/m1./s1. The van der Waals surface area contributed by atoms with Gasteiger partial charge in [-0.05, 0) is 30.8 Å². The van der Waals surface area contributed by atoms with E-state index in [0.717, 1.165) is 43.9 Å². The Kier molecular flexibility index (Phi) is 5.23. The molecule has 0 unspecified atom stereocenters. The second-order valence-corrected chi connectivity index (χ2v) is 5.44. The smallest absolute Gasteiger partial charge is 0.225 e. The van der Waals surface area contributed by atoms with Crippen LogP contribution in [0.3, 0.4) is 0 Å². The highest BCUT2D eigenvalue weighted by molar-refractivity contribution is 7.99. The molecule has 0 aromatic heterocycles. The third kappa shape index (κ3) is 3.26. The molecular weight excluding hydrogens is 232 g/mol. The molecule has 0 aromatic carbocycles. The summed E-state index contributed by atoms with van der Waals surface area (Å²) < 4.78 is 0. The number of amides is 1. The first-order valence-electron chi connectivity index (χ1n) is 5.39. The Balaban J connectivity index is 0.00000112. The Labute approximate surface area is 102 Å². The number of rotatable bonds is 1. The van der Waals surface area contributed by atoms with E-state index in [-0.39, 0.29) is 18.4 Å². The van der Waals surface area contributed by atoms with Gasteiger partial charge in [0.15, 0.2) is 0 Å². The lowest BCUT2D eigenvalue weighted by molar-refractivity contribution is -0.134. The number of thioether (sulfide) groups is 1. The number of carbonyl (C=O) groups is 1. The van der Waals surface area contributed by atoms with E-state index in [1.807, 2.05) is 16.7 Å². The maximum Gasteiger partial charge on any atom is 0.225 e. The molecule has 2 aliphatic rings. The van der Waals surface area contributed by atoms with Crippen molar-refractivity contribution in [2.45, 2.75) is 25.3 Å². The average Bonchev–Trinajstić information content (AvgIpc) is 2.65. The lowest BCUT2D eigenvalue weighted by Crippen LogP contribution is -2.37. The molecule has 15 heavy (non-hydrogen) atoms. The van der Waals surface area contributed by atoms with Crippen molar-refractivity contribution in [3.63, 3.8) is 0 Å². The third-order valence-electron chi connectivity index (χ3n) is 3.11. The average molecular weight is 251 g/mol. The second kappa shape index (κ2) is 5.97. The van der Waals surface area contributed by atoms with Gasteiger partial charge in [0, 0.05) is 25.0 Å². The lowest BCUT2D eigenvalue weighted by Gasteiger charge is -2.25. The molecule has 0 radical (unpaired) electrons. The summed E-state index contributed by atoms with van der Waals surface area (Å²) in [5, 5.41) is 0. The van der Waals surface area contributed by atoms with Crippen LogP contribution < -0.4 is 5.73 Å². The number of hydrogen-bond donors (Lipinski definition) is 1. The molecule has 0 aromatic rings. The van der Waals surface area contributed by atoms with Crippen LogP contribution in [-0.4, -0.2) is 41.4 Å². The van der Waals surface area contributed by atoms with E-state index in [2.05, 4.69) is 0 Å². The highest BCUT2D eigenvalue weighted by Crippen LogP contribution is 2.25. The molecule has 2 aliphatic heterocycles. The van der Waals surface area contributed by atoms with E-state index in [1.54, 1.807) is 0 Å². The van der Waals surface area contributed by atoms with Gasteiger partial charge in [0.25, 0.3) is 0 Å². The van der Waals surface area contributed by atoms with Crippen LogP contribution in [0.1, 0.15) is 19.3 Å². The van der Waals surface area contributed by atoms with Crippen molar-refractivity contribution in [1.82, 2.24) is 4.90 Å². The molecule has 0 spiro atoms. The summed E-state index contributed by atoms with van der Waals surface area (Å²) in [6, 6.07) is 0.219. The molecule has 2 heterocycles. The minimum absolute atomic E-state index is 0. The van der Waals surface area contributed by atoms with E-state index in [9.17, 15) is 4.79 Å². The van der Waals surface area contributed by atoms with E-state index in [4.69, 9.17) is 5.73 Å². The summed E-state index contributed by atoms with van der Waals surface area (Å²) in [6.07, 6.45) is 3.11. The molecule has 2 rings (SSSR count). The van der Waals surface area contributed by atoms with Gasteiger partial charge < -0.3 is 10.6 Å². The first-order chi connectivity index (χ1) is 6.77. The summed E-state index contributed by atoms with van der Waals surface area (Å²) in [5.74, 6) is 2.95. The van der Waals surface area contributed by atoms with Gasteiger partial charge in [-0.3, -0.25) is 4.79 Å². The van der Waals surface area contributed by atoms with Gasteiger partial charge >= 0.3 is 0 Å². The Morgan fingerprint density at radius 3 is 2.47 bits per heavy atom. The number of halogens is 1. The topological polar surface area (TPSA) is 46.3 Å². The van der Waals surface area contributed by atoms with Crippen LogP contribution in [-0.2, 0) is 4.79 Å². The molecule has 2 saturated heterocycles. The largest absolute Gasteiger partial charge is 0.341 e. The number of nitrogens with zero attached hydrogens (tertiary/aromatic N) is 1. The maximum atomic E-state index is 12.0. The number of likely N-dealkylation sites (tertiary alicyclic amines) is 1. The SMILES string of the molecule is Cl.N[C@@H]1CCN(C(=O)C2CCSCC2)C1. The maximum absolute atomic E-state index is 12.0. The molecule has 0 bridgehead atoms. The van der Waals surface area contributed by atoms with Crippen LogP contribution in [0, 0.1) is 5.92 Å². The van der Waals surface area contributed by atoms with Crippen LogP contribution in [0.25, 0.3) is 0 Å². The Morgan fingerprint density at radius 1 is 1.27 bits per heavy atom. The summed E-state index contributed by atoms with van der Waals surface area (Å²) >= 11 is 1.96. The number of carbonyl (C=O) groups excluding carboxylic acids is 1. The lowest BCUT2D eigenvalue weighted by atomic mass is 10.0. The Morgan fingerprint density at radius 2 is 1.93 bits per heavy atom. The van der Waals surface area contributed by atoms with Gasteiger partial charge in [-0.25, -0.2) is 0 Å². The minimum atomic E-state index is 0. The molecule has 0 saturated carbocycles. The normalized spacial score (nSPS) is 27.5. The van der Waals surface area contributed by atoms with Gasteiger partial charge in [0.2, 0.25) is 5.91 Å². The molecule has 3 nitrogen and oxygen atoms in total. The molecular formula is C10H19ClN2OS. The number of nitrogens with two attached hydrogens (primary N) is 1. The molecule has 5 heteroatoms. The van der Waals surface area contributed by atoms with E-state index >= 15 is 0 Å². The fourth-order valence-corrected chi connectivity index (χ4v) is 3.30. The van der Waals surface area contributed by atoms with Crippen molar-refractivity contribution in [2.24, 2.45) is 11.7 Å². The van der Waals surface area contributed by atoms with Gasteiger partial charge in [-0.15, -0.1) is 12.4 Å². The quantitative estimate of drug-likeness (QED) is 0.759. The number of hydrogen-bond acceptors (Lipinski definition) is 3. The van der Waals surface area contributed by atoms with Crippen molar-refractivity contribution in [2.75, 3.05) is 24.6 Å². The summed E-state index contributed by atoms with van der Waals surface area (Å²) in [4.78, 5) is 14.0. The van der Waals surface area contributed by atoms with Gasteiger partial charge in [0.1, 0.15) is 0 Å². The summed E-state index contributed by atoms with van der Waals surface area (Å²) in [7, 11) is 0. The van der Waals surface area contributed by atoms with E-state index in [1.165, 1.54) is 0 Å². The van der Waals surface area contributed by atoms with Crippen LogP contribution in [0.4, 0.5) is 0 Å². The van der Waals surface area contributed by atoms with Crippen molar-refractivity contribution in [1.29, 1.82) is 0 Å². The van der Waals surface area contributed by atoms with Gasteiger partial charge in [-0.2, -0.15) is 11.8 Å². The molecule has 88 valence electrons. The molecule has 2 fully saturated rings. The Hall–Kier alpha value is 0.0700. The fourth-order valence-electron chi connectivity index (χ4n) is 2.19.